The van der Waals surface area contributed by atoms with E-state index in [1.54, 1.807) is 30.3 Å². The van der Waals surface area contributed by atoms with Gasteiger partial charge >= 0.3 is 0 Å². The van der Waals surface area contributed by atoms with Crippen LogP contribution in [-0.4, -0.2) is 17.9 Å². The summed E-state index contributed by atoms with van der Waals surface area (Å²) in [4.78, 5) is 24.2. The van der Waals surface area contributed by atoms with Crippen LogP contribution in [-0.2, 0) is 11.2 Å². The lowest BCUT2D eigenvalue weighted by atomic mass is 10.0. The van der Waals surface area contributed by atoms with Crippen LogP contribution in [0.25, 0.3) is 0 Å². The van der Waals surface area contributed by atoms with E-state index in [4.69, 9.17) is 28.9 Å². The molecule has 0 bridgehead atoms. The molecular formula is C18H18Cl2N2O2. The number of hydrogen-bond acceptors (Lipinski definition) is 2. The summed E-state index contributed by atoms with van der Waals surface area (Å²) in [5, 5.41) is 3.51. The Morgan fingerprint density at radius 2 is 1.62 bits per heavy atom. The third-order valence-electron chi connectivity index (χ3n) is 3.60. The number of carbonyl (C=O) groups excluding carboxylic acids is 2. The number of nitrogens with two attached hydrogens (primary N) is 1. The summed E-state index contributed by atoms with van der Waals surface area (Å²) in [5.74, 6) is -1.02. The fourth-order valence-electron chi connectivity index (χ4n) is 2.50. The molecule has 3 N–H and O–H groups in total. The smallest absolute Gasteiger partial charge is 0.251 e. The molecule has 24 heavy (non-hydrogen) atoms. The molecule has 0 heterocycles. The summed E-state index contributed by atoms with van der Waals surface area (Å²) >= 11 is 12.2. The normalized spacial score (nSPS) is 11.8. The van der Waals surface area contributed by atoms with E-state index in [1.807, 2.05) is 19.9 Å². The topological polar surface area (TPSA) is 72.2 Å². The van der Waals surface area contributed by atoms with Crippen molar-refractivity contribution in [2.24, 2.45) is 5.73 Å². The number of aryl methyl sites for hydroxylation is 2. The summed E-state index contributed by atoms with van der Waals surface area (Å²) in [6.07, 6.45) is 0.129. The van der Waals surface area contributed by atoms with Gasteiger partial charge in [0.1, 0.15) is 6.04 Å². The van der Waals surface area contributed by atoms with Crippen LogP contribution in [0.1, 0.15) is 27.0 Å². The Morgan fingerprint density at radius 1 is 1.08 bits per heavy atom. The molecule has 4 nitrogen and oxygen atoms in total. The molecule has 0 aliphatic rings. The van der Waals surface area contributed by atoms with Gasteiger partial charge in [-0.2, -0.15) is 0 Å². The maximum Gasteiger partial charge on any atom is 0.251 e. The molecule has 2 rings (SSSR count). The zero-order chi connectivity index (χ0) is 17.9. The van der Waals surface area contributed by atoms with Gasteiger partial charge in [-0.1, -0.05) is 46.5 Å². The standard InChI is InChI=1S/C18H18Cl2N2O2/c1-10-6-11(2)8-12(7-10)18(24)22-16(17(21)23)9-13-14(19)4-3-5-15(13)20/h3-8,16H,9H2,1-2H3,(H2,21,23)(H,22,24)/t16-/m1/s1. The van der Waals surface area contributed by atoms with Crippen molar-refractivity contribution < 1.29 is 9.59 Å². The Balaban J connectivity index is 2.22. The summed E-state index contributed by atoms with van der Waals surface area (Å²) in [6.45, 7) is 3.80. The number of benzene rings is 2. The second kappa shape index (κ2) is 7.69. The van der Waals surface area contributed by atoms with E-state index < -0.39 is 11.9 Å². The molecule has 1 atom stereocenters. The van der Waals surface area contributed by atoms with Crippen LogP contribution < -0.4 is 11.1 Å². The van der Waals surface area contributed by atoms with Crippen molar-refractivity contribution in [2.45, 2.75) is 26.3 Å². The van der Waals surface area contributed by atoms with Crippen LogP contribution in [0.5, 0.6) is 0 Å². The quantitative estimate of drug-likeness (QED) is 0.852. The Morgan fingerprint density at radius 3 is 2.12 bits per heavy atom. The predicted octanol–water partition coefficient (Wildman–Crippen LogP) is 3.44. The van der Waals surface area contributed by atoms with Crippen LogP contribution in [0, 0.1) is 13.8 Å². The molecule has 0 radical (unpaired) electrons. The number of primary amides is 1. The lowest BCUT2D eigenvalue weighted by Crippen LogP contribution is -2.46. The number of rotatable bonds is 5. The van der Waals surface area contributed by atoms with Gasteiger partial charge < -0.3 is 11.1 Å². The van der Waals surface area contributed by atoms with Gasteiger partial charge in [-0.05, 0) is 43.7 Å². The SMILES string of the molecule is Cc1cc(C)cc(C(=O)N[C@H](Cc2c(Cl)cccc2Cl)C(N)=O)c1. The molecule has 0 aliphatic carbocycles. The summed E-state index contributed by atoms with van der Waals surface area (Å²) in [6, 6.07) is 9.62. The van der Waals surface area contributed by atoms with Crippen molar-refractivity contribution in [3.05, 3.63) is 68.7 Å². The van der Waals surface area contributed by atoms with Gasteiger partial charge in [-0.15, -0.1) is 0 Å². The lowest BCUT2D eigenvalue weighted by Gasteiger charge is -2.17. The summed E-state index contributed by atoms with van der Waals surface area (Å²) < 4.78 is 0. The van der Waals surface area contributed by atoms with Crippen molar-refractivity contribution in [1.82, 2.24) is 5.32 Å². The highest BCUT2D eigenvalue weighted by Gasteiger charge is 2.22. The number of halogens is 2. The largest absolute Gasteiger partial charge is 0.368 e. The molecule has 2 amide bonds. The highest BCUT2D eigenvalue weighted by Crippen LogP contribution is 2.25. The monoisotopic (exact) mass is 364 g/mol. The fourth-order valence-corrected chi connectivity index (χ4v) is 3.05. The van der Waals surface area contributed by atoms with Crippen molar-refractivity contribution in [3.8, 4) is 0 Å². The number of amides is 2. The molecular weight excluding hydrogens is 347 g/mol. The molecule has 2 aromatic rings. The minimum atomic E-state index is -0.907. The van der Waals surface area contributed by atoms with Crippen LogP contribution in [0.2, 0.25) is 10.0 Å². The van der Waals surface area contributed by atoms with E-state index in [0.29, 0.717) is 21.2 Å². The molecule has 6 heteroatoms. The first-order chi connectivity index (χ1) is 11.3. The minimum absolute atomic E-state index is 0.129. The van der Waals surface area contributed by atoms with Gasteiger partial charge in [-0.3, -0.25) is 9.59 Å². The van der Waals surface area contributed by atoms with Gasteiger partial charge in [0.05, 0.1) is 0 Å². The van der Waals surface area contributed by atoms with Crippen LogP contribution in [0.15, 0.2) is 36.4 Å². The highest BCUT2D eigenvalue weighted by molar-refractivity contribution is 6.36. The van der Waals surface area contributed by atoms with Crippen LogP contribution in [0.3, 0.4) is 0 Å². The Kier molecular flexibility index (Phi) is 5.86. The van der Waals surface area contributed by atoms with E-state index in [9.17, 15) is 9.59 Å². The van der Waals surface area contributed by atoms with Crippen LogP contribution in [0.4, 0.5) is 0 Å². The molecule has 0 saturated carbocycles. The second-order valence-electron chi connectivity index (χ2n) is 5.71. The Labute approximate surface area is 150 Å². The lowest BCUT2D eigenvalue weighted by molar-refractivity contribution is -0.119. The van der Waals surface area contributed by atoms with Crippen molar-refractivity contribution in [1.29, 1.82) is 0 Å². The molecule has 0 unspecified atom stereocenters. The molecule has 0 fully saturated rings. The molecule has 0 aromatic heterocycles. The maximum absolute atomic E-state index is 12.4. The maximum atomic E-state index is 12.4. The van der Waals surface area contributed by atoms with E-state index >= 15 is 0 Å². The number of hydrogen-bond donors (Lipinski definition) is 2. The molecule has 126 valence electrons. The molecule has 2 aromatic carbocycles. The predicted molar refractivity (Wildman–Crippen MR) is 96.5 cm³/mol. The first kappa shape index (κ1) is 18.3. The van der Waals surface area contributed by atoms with Gasteiger partial charge in [0.15, 0.2) is 0 Å². The van der Waals surface area contributed by atoms with E-state index in [2.05, 4.69) is 5.32 Å². The van der Waals surface area contributed by atoms with Crippen LogP contribution >= 0.6 is 23.2 Å². The van der Waals surface area contributed by atoms with E-state index in [0.717, 1.165) is 11.1 Å². The third kappa shape index (κ3) is 4.49. The highest BCUT2D eigenvalue weighted by atomic mass is 35.5. The van der Waals surface area contributed by atoms with Crippen molar-refractivity contribution >= 4 is 35.0 Å². The number of carbonyl (C=O) groups is 2. The fraction of sp³-hybridized carbons (Fsp3) is 0.222. The second-order valence-corrected chi connectivity index (χ2v) is 6.52. The summed E-state index contributed by atoms with van der Waals surface area (Å²) in [5.41, 5.74) is 8.41. The van der Waals surface area contributed by atoms with Gasteiger partial charge in [0, 0.05) is 22.0 Å². The van der Waals surface area contributed by atoms with E-state index in [1.165, 1.54) is 0 Å². The summed E-state index contributed by atoms with van der Waals surface area (Å²) in [7, 11) is 0. The van der Waals surface area contributed by atoms with Gasteiger partial charge in [-0.25, -0.2) is 0 Å². The average molecular weight is 365 g/mol. The average Bonchev–Trinajstić information content (AvgIpc) is 2.48. The molecule has 0 spiro atoms. The first-order valence-electron chi connectivity index (χ1n) is 7.39. The Bertz CT molecular complexity index is 750. The van der Waals surface area contributed by atoms with E-state index in [-0.39, 0.29) is 12.3 Å². The Hall–Kier alpha value is -2.04. The molecule has 0 aliphatic heterocycles. The zero-order valence-electron chi connectivity index (χ0n) is 13.4. The minimum Gasteiger partial charge on any atom is -0.368 e. The zero-order valence-corrected chi connectivity index (χ0v) is 14.9. The van der Waals surface area contributed by atoms with Crippen molar-refractivity contribution in [2.75, 3.05) is 0 Å². The van der Waals surface area contributed by atoms with Crippen molar-refractivity contribution in [3.63, 3.8) is 0 Å². The van der Waals surface area contributed by atoms with Gasteiger partial charge in [0.25, 0.3) is 5.91 Å². The first-order valence-corrected chi connectivity index (χ1v) is 8.15. The number of nitrogens with one attached hydrogen (secondary N) is 1. The van der Waals surface area contributed by atoms with Gasteiger partial charge in [0.2, 0.25) is 5.91 Å². The third-order valence-corrected chi connectivity index (χ3v) is 4.31. The molecule has 0 saturated heterocycles.